The molecule has 4 nitrogen and oxygen atoms in total. The second kappa shape index (κ2) is 15.2. The molecule has 15 heteroatoms. The number of ether oxygens (including phenoxy) is 1. The lowest BCUT2D eigenvalue weighted by Crippen LogP contribution is -2.07. The highest BCUT2D eigenvalue weighted by atomic mass is 35.5. The maximum atomic E-state index is 13.5. The van der Waals surface area contributed by atoms with Gasteiger partial charge in [-0.05, 0) is 42.5 Å². The van der Waals surface area contributed by atoms with Gasteiger partial charge in [-0.1, -0.05) is 59.1 Å². The average Bonchev–Trinajstić information content (AvgIpc) is 2.87. The molecular weight excluding hydrogens is 631 g/mol. The predicted molar refractivity (Wildman–Crippen MR) is 137 cm³/mol. The fraction of sp³-hybridized carbons (Fsp3) is 0.154. The van der Waals surface area contributed by atoms with Crippen LogP contribution in [0.1, 0.15) is 22.3 Å². The van der Waals surface area contributed by atoms with Crippen molar-refractivity contribution in [1.29, 1.82) is 0 Å². The quantitative estimate of drug-likeness (QED) is 0.177. The van der Waals surface area contributed by atoms with Gasteiger partial charge in [0.2, 0.25) is 5.88 Å². The molecule has 0 amide bonds. The lowest BCUT2D eigenvalue weighted by molar-refractivity contribution is -0.138. The van der Waals surface area contributed by atoms with E-state index < -0.39 is 41.7 Å². The Balaban J connectivity index is 0.000000239. The number of halogens is 11. The summed E-state index contributed by atoms with van der Waals surface area (Å²) >= 11 is 16.5. The molecule has 0 spiro atoms. The Hall–Kier alpha value is -3.19. The molecular formula is C26H17Cl3F8N2O2. The molecule has 4 aromatic rings. The van der Waals surface area contributed by atoms with Gasteiger partial charge in [-0.2, -0.15) is 26.3 Å². The van der Waals surface area contributed by atoms with Gasteiger partial charge in [-0.15, -0.1) is 0 Å². The van der Waals surface area contributed by atoms with Gasteiger partial charge in [0, 0.05) is 17.2 Å². The van der Waals surface area contributed by atoms with Gasteiger partial charge in [0.05, 0.1) is 17.7 Å². The maximum Gasteiger partial charge on any atom is 0.416 e. The molecule has 0 saturated heterocycles. The van der Waals surface area contributed by atoms with E-state index in [2.05, 4.69) is 9.97 Å². The molecule has 41 heavy (non-hydrogen) atoms. The Morgan fingerprint density at radius 3 is 1.44 bits per heavy atom. The van der Waals surface area contributed by atoms with Crippen molar-refractivity contribution in [3.8, 4) is 5.88 Å². The van der Waals surface area contributed by atoms with Crippen molar-refractivity contribution in [2.45, 2.75) is 25.6 Å². The monoisotopic (exact) mass is 646 g/mol. The minimum absolute atomic E-state index is 0.000208. The summed E-state index contributed by atoms with van der Waals surface area (Å²) in [6.45, 7) is -0.846. The van der Waals surface area contributed by atoms with Crippen LogP contribution in [-0.2, 0) is 25.6 Å². The number of aliphatic hydroxyl groups is 1. The molecule has 1 N–H and O–H groups in total. The average molecular weight is 648 g/mol. The van der Waals surface area contributed by atoms with Gasteiger partial charge < -0.3 is 9.84 Å². The molecule has 2 aromatic heterocycles. The zero-order valence-corrected chi connectivity index (χ0v) is 22.5. The van der Waals surface area contributed by atoms with Crippen molar-refractivity contribution in [1.82, 2.24) is 9.97 Å². The van der Waals surface area contributed by atoms with Gasteiger partial charge in [-0.25, -0.2) is 18.7 Å². The summed E-state index contributed by atoms with van der Waals surface area (Å²) in [6.07, 6.45) is -9.12. The summed E-state index contributed by atoms with van der Waals surface area (Å²) in [5, 5.41) is 9.55. The summed E-state index contributed by atoms with van der Waals surface area (Å²) in [4.78, 5) is 7.52. The normalized spacial score (nSPS) is 11.1. The highest BCUT2D eigenvalue weighted by molar-refractivity contribution is 6.32. The first-order valence-electron chi connectivity index (χ1n) is 11.0. The van der Waals surface area contributed by atoms with Crippen molar-refractivity contribution < 1.29 is 45.0 Å². The van der Waals surface area contributed by atoms with Crippen LogP contribution in [-0.4, -0.2) is 15.1 Å². The summed E-state index contributed by atoms with van der Waals surface area (Å²) < 4.78 is 104. The zero-order valence-electron chi connectivity index (χ0n) is 20.2. The minimum Gasteiger partial charge on any atom is -0.473 e. The number of rotatable bonds is 4. The Morgan fingerprint density at radius 1 is 0.634 bits per heavy atom. The fourth-order valence-corrected chi connectivity index (χ4v) is 3.22. The smallest absolute Gasteiger partial charge is 0.416 e. The SMILES string of the molecule is Clc1cccc(Cl)n1.Fc1cc(C(F)(F)F)ccc1COc1cccc(Cl)n1.OCc1ccc(C(F)(F)F)cc1F. The van der Waals surface area contributed by atoms with Crippen molar-refractivity contribution in [2.24, 2.45) is 0 Å². The van der Waals surface area contributed by atoms with Gasteiger partial charge in [0.1, 0.15) is 33.7 Å². The van der Waals surface area contributed by atoms with Crippen LogP contribution in [0.3, 0.4) is 0 Å². The van der Waals surface area contributed by atoms with E-state index in [1.807, 2.05) is 0 Å². The maximum absolute atomic E-state index is 13.5. The number of nitrogens with zero attached hydrogens (tertiary/aromatic N) is 2. The van der Waals surface area contributed by atoms with E-state index in [4.69, 9.17) is 44.6 Å². The van der Waals surface area contributed by atoms with Crippen LogP contribution < -0.4 is 4.74 Å². The topological polar surface area (TPSA) is 55.2 Å². The molecule has 4 rings (SSSR count). The molecule has 0 fully saturated rings. The third kappa shape index (κ3) is 11.7. The molecule has 220 valence electrons. The second-order valence-electron chi connectivity index (χ2n) is 7.64. The molecule has 0 aliphatic carbocycles. The lowest BCUT2D eigenvalue weighted by atomic mass is 10.1. The number of aromatic nitrogens is 2. The van der Waals surface area contributed by atoms with Crippen molar-refractivity contribution in [3.05, 3.63) is 122 Å². The standard InChI is InChI=1S/C13H8ClF4NO.C8H6F4O.C5H3Cl2N/c14-11-2-1-3-12(19-11)20-7-8-4-5-9(6-10(8)15)13(16,17)18;9-7-3-6(8(10,11)12)2-1-5(7)4-13;6-4-2-1-3-5(7)8-4/h1-6H,7H2;1-3,13H,4H2;1-3H. The molecule has 0 saturated carbocycles. The number of benzene rings is 2. The highest BCUT2D eigenvalue weighted by Crippen LogP contribution is 2.31. The van der Waals surface area contributed by atoms with E-state index in [1.54, 1.807) is 24.3 Å². The number of alkyl halides is 6. The van der Waals surface area contributed by atoms with Gasteiger partial charge in [0.25, 0.3) is 0 Å². The van der Waals surface area contributed by atoms with Crippen molar-refractivity contribution in [2.75, 3.05) is 0 Å². The first-order valence-corrected chi connectivity index (χ1v) is 12.1. The van der Waals surface area contributed by atoms with E-state index in [1.165, 1.54) is 12.1 Å². The molecule has 0 radical (unpaired) electrons. The third-order valence-corrected chi connectivity index (χ3v) is 5.31. The zero-order chi connectivity index (χ0) is 30.8. The molecule has 0 bridgehead atoms. The second-order valence-corrected chi connectivity index (χ2v) is 8.80. The van der Waals surface area contributed by atoms with Crippen LogP contribution in [0.2, 0.25) is 15.5 Å². The molecule has 0 unspecified atom stereocenters. The van der Waals surface area contributed by atoms with Crippen LogP contribution in [0, 0.1) is 11.6 Å². The van der Waals surface area contributed by atoms with Crippen LogP contribution >= 0.6 is 34.8 Å². The van der Waals surface area contributed by atoms with Gasteiger partial charge in [0.15, 0.2) is 0 Å². The van der Waals surface area contributed by atoms with E-state index in [9.17, 15) is 35.1 Å². The van der Waals surface area contributed by atoms with Gasteiger partial charge >= 0.3 is 12.4 Å². The molecule has 0 aliphatic rings. The summed E-state index contributed by atoms with van der Waals surface area (Å²) in [5.74, 6) is -1.86. The van der Waals surface area contributed by atoms with Crippen molar-refractivity contribution >= 4 is 34.8 Å². The summed E-state index contributed by atoms with van der Waals surface area (Å²) in [5.41, 5.74) is -2.24. The summed E-state index contributed by atoms with van der Waals surface area (Å²) in [6, 6.07) is 14.0. The number of aliphatic hydroxyl groups excluding tert-OH is 1. The molecule has 0 aliphatic heterocycles. The van der Waals surface area contributed by atoms with E-state index >= 15 is 0 Å². The van der Waals surface area contributed by atoms with Crippen LogP contribution in [0.4, 0.5) is 35.1 Å². The molecule has 2 aromatic carbocycles. The third-order valence-electron chi connectivity index (χ3n) is 4.68. The minimum atomic E-state index is -4.57. The van der Waals surface area contributed by atoms with E-state index in [-0.39, 0.29) is 28.8 Å². The van der Waals surface area contributed by atoms with E-state index in [0.29, 0.717) is 22.4 Å². The first-order chi connectivity index (χ1) is 19.1. The Kier molecular flexibility index (Phi) is 12.6. The first kappa shape index (κ1) is 34.0. The summed E-state index contributed by atoms with van der Waals surface area (Å²) in [7, 11) is 0. The Bertz CT molecular complexity index is 1420. The van der Waals surface area contributed by atoms with Crippen LogP contribution in [0.15, 0.2) is 72.8 Å². The Labute approximate surface area is 243 Å². The van der Waals surface area contributed by atoms with Crippen LogP contribution in [0.25, 0.3) is 0 Å². The van der Waals surface area contributed by atoms with Gasteiger partial charge in [-0.3, -0.25) is 0 Å². The van der Waals surface area contributed by atoms with E-state index in [0.717, 1.165) is 24.3 Å². The Morgan fingerprint density at radius 2 is 1.07 bits per heavy atom. The highest BCUT2D eigenvalue weighted by Gasteiger charge is 2.31. The largest absolute Gasteiger partial charge is 0.473 e. The molecule has 0 atom stereocenters. The number of hydrogen-bond donors (Lipinski definition) is 1. The lowest BCUT2D eigenvalue weighted by Gasteiger charge is -2.10. The molecule has 2 heterocycles. The predicted octanol–water partition coefficient (Wildman–Crippen LogP) is 9.20. The van der Waals surface area contributed by atoms with Crippen molar-refractivity contribution in [3.63, 3.8) is 0 Å². The number of pyridine rings is 2. The number of hydrogen-bond acceptors (Lipinski definition) is 4. The van der Waals surface area contributed by atoms with Crippen LogP contribution in [0.5, 0.6) is 5.88 Å². The fourth-order valence-electron chi connectivity index (χ4n) is 2.70.